The summed E-state index contributed by atoms with van der Waals surface area (Å²) >= 11 is 0. The topological polar surface area (TPSA) is 106 Å². The number of aryl methyl sites for hydroxylation is 1. The van der Waals surface area contributed by atoms with E-state index in [1.165, 1.54) is 42.5 Å². The van der Waals surface area contributed by atoms with E-state index in [0.717, 1.165) is 12.1 Å². The zero-order valence-corrected chi connectivity index (χ0v) is 19.1. The maximum atomic E-state index is 13.0. The summed E-state index contributed by atoms with van der Waals surface area (Å²) in [5.41, 5.74) is -0.183. The highest BCUT2D eigenvalue weighted by atomic mass is 32.2. The lowest BCUT2D eigenvalue weighted by atomic mass is 10.2. The molecule has 0 atom stereocenters. The first-order valence-corrected chi connectivity index (χ1v) is 11.8. The van der Waals surface area contributed by atoms with E-state index in [0.29, 0.717) is 30.3 Å². The molecule has 3 N–H and O–H groups in total. The standard InChI is InChI=1S/C23H20F3N3O5S/c1-14-5-6-17(28-22(30)27-16-4-2-3-15(11-16)23(24,25)26)13-21(14)35(31,32)29-18-7-8-19-20(12-18)34-10-9-33-19/h2-8,11-13,29H,9-10H2,1H3,(H2,27,28,30). The van der Waals surface area contributed by atoms with Gasteiger partial charge in [0.05, 0.1) is 16.1 Å². The lowest BCUT2D eigenvalue weighted by Gasteiger charge is -2.19. The molecule has 4 rings (SSSR count). The maximum absolute atomic E-state index is 13.0. The molecule has 3 aromatic carbocycles. The Hall–Kier alpha value is -3.93. The van der Waals surface area contributed by atoms with Crippen LogP contribution in [-0.2, 0) is 16.2 Å². The molecule has 0 saturated carbocycles. The molecule has 35 heavy (non-hydrogen) atoms. The number of halogens is 3. The molecule has 0 saturated heterocycles. The lowest BCUT2D eigenvalue weighted by Crippen LogP contribution is -2.21. The molecule has 0 aromatic heterocycles. The molecule has 0 spiro atoms. The summed E-state index contributed by atoms with van der Waals surface area (Å²) in [4.78, 5) is 12.2. The predicted molar refractivity (Wildman–Crippen MR) is 124 cm³/mol. The van der Waals surface area contributed by atoms with Gasteiger partial charge < -0.3 is 20.1 Å². The summed E-state index contributed by atoms with van der Waals surface area (Å²) in [5.74, 6) is 0.920. The molecule has 0 unspecified atom stereocenters. The number of fused-ring (bicyclic) bond motifs is 1. The fraction of sp³-hybridized carbons (Fsp3) is 0.174. The van der Waals surface area contributed by atoms with Crippen molar-refractivity contribution in [3.8, 4) is 11.5 Å². The van der Waals surface area contributed by atoms with Gasteiger partial charge >= 0.3 is 12.2 Å². The van der Waals surface area contributed by atoms with Gasteiger partial charge in [-0.1, -0.05) is 12.1 Å². The van der Waals surface area contributed by atoms with Crippen LogP contribution >= 0.6 is 0 Å². The van der Waals surface area contributed by atoms with Crippen molar-refractivity contribution in [1.29, 1.82) is 0 Å². The van der Waals surface area contributed by atoms with Crippen LogP contribution in [-0.4, -0.2) is 27.7 Å². The molecule has 0 bridgehead atoms. The highest BCUT2D eigenvalue weighted by Crippen LogP contribution is 2.34. The molecule has 1 heterocycles. The first kappa shape index (κ1) is 24.2. The molecule has 8 nitrogen and oxygen atoms in total. The molecule has 2 amide bonds. The van der Waals surface area contributed by atoms with Crippen LogP contribution in [0.15, 0.2) is 65.6 Å². The number of benzene rings is 3. The third-order valence-corrected chi connectivity index (χ3v) is 6.50. The average molecular weight is 507 g/mol. The smallest absolute Gasteiger partial charge is 0.416 e. The van der Waals surface area contributed by atoms with E-state index in [9.17, 15) is 26.4 Å². The van der Waals surface area contributed by atoms with E-state index < -0.39 is 27.8 Å². The second kappa shape index (κ2) is 9.37. The van der Waals surface area contributed by atoms with Crippen molar-refractivity contribution in [1.82, 2.24) is 0 Å². The third kappa shape index (κ3) is 5.77. The SMILES string of the molecule is Cc1ccc(NC(=O)Nc2cccc(C(F)(F)F)c2)cc1S(=O)(=O)Nc1ccc2c(c1)OCCO2. The zero-order valence-electron chi connectivity index (χ0n) is 18.3. The first-order chi connectivity index (χ1) is 16.5. The van der Waals surface area contributed by atoms with Crippen LogP contribution in [0.1, 0.15) is 11.1 Å². The Bertz CT molecular complexity index is 1380. The highest BCUT2D eigenvalue weighted by molar-refractivity contribution is 7.92. The summed E-state index contributed by atoms with van der Waals surface area (Å²) in [6.45, 7) is 2.34. The van der Waals surface area contributed by atoms with Crippen molar-refractivity contribution in [2.45, 2.75) is 18.0 Å². The van der Waals surface area contributed by atoms with Crippen LogP contribution in [0.4, 0.5) is 35.0 Å². The summed E-state index contributed by atoms with van der Waals surface area (Å²) in [6.07, 6.45) is -4.56. The van der Waals surface area contributed by atoms with Crippen LogP contribution in [0.25, 0.3) is 0 Å². The number of amides is 2. The normalized spacial score (nSPS) is 13.1. The Labute approximate surface area is 199 Å². The Balaban J connectivity index is 1.50. The van der Waals surface area contributed by atoms with Gasteiger partial charge in [-0.3, -0.25) is 4.72 Å². The van der Waals surface area contributed by atoms with Crippen LogP contribution < -0.4 is 24.8 Å². The lowest BCUT2D eigenvalue weighted by molar-refractivity contribution is -0.137. The summed E-state index contributed by atoms with van der Waals surface area (Å²) in [7, 11) is -4.05. The van der Waals surface area contributed by atoms with E-state index in [-0.39, 0.29) is 22.0 Å². The van der Waals surface area contributed by atoms with Crippen LogP contribution in [0.2, 0.25) is 0 Å². The Morgan fingerprint density at radius 3 is 2.23 bits per heavy atom. The van der Waals surface area contributed by atoms with Gasteiger partial charge in [0.2, 0.25) is 0 Å². The minimum absolute atomic E-state index is 0.0717. The summed E-state index contributed by atoms with van der Waals surface area (Å²) in [5, 5.41) is 4.74. The maximum Gasteiger partial charge on any atom is 0.416 e. The van der Waals surface area contributed by atoms with E-state index in [1.54, 1.807) is 13.0 Å². The number of anilines is 3. The van der Waals surface area contributed by atoms with Gasteiger partial charge in [0, 0.05) is 17.4 Å². The molecule has 0 aliphatic carbocycles. The summed E-state index contributed by atoms with van der Waals surface area (Å²) < 4.78 is 78.1. The minimum atomic E-state index is -4.56. The molecule has 1 aliphatic rings. The number of hydrogen-bond acceptors (Lipinski definition) is 5. The van der Waals surface area contributed by atoms with E-state index in [1.807, 2.05) is 0 Å². The number of carbonyl (C=O) groups excluding carboxylic acids is 1. The second-order valence-corrected chi connectivity index (χ2v) is 9.25. The number of ether oxygens (including phenoxy) is 2. The van der Waals surface area contributed by atoms with E-state index >= 15 is 0 Å². The van der Waals surface area contributed by atoms with Gasteiger partial charge in [0.1, 0.15) is 13.2 Å². The van der Waals surface area contributed by atoms with Gasteiger partial charge in [-0.05, 0) is 55.0 Å². The zero-order chi connectivity index (χ0) is 25.2. The fourth-order valence-corrected chi connectivity index (χ4v) is 4.67. The Kier molecular flexibility index (Phi) is 6.48. The molecule has 3 aromatic rings. The van der Waals surface area contributed by atoms with E-state index in [4.69, 9.17) is 9.47 Å². The summed E-state index contributed by atoms with van der Waals surface area (Å²) in [6, 6.07) is 12.2. The van der Waals surface area contributed by atoms with Gasteiger partial charge in [-0.2, -0.15) is 13.2 Å². The van der Waals surface area contributed by atoms with Crippen LogP contribution in [0.3, 0.4) is 0 Å². The minimum Gasteiger partial charge on any atom is -0.486 e. The number of carbonyl (C=O) groups is 1. The third-order valence-electron chi connectivity index (χ3n) is 4.98. The van der Waals surface area contributed by atoms with Crippen molar-refractivity contribution in [3.05, 3.63) is 71.8 Å². The van der Waals surface area contributed by atoms with Crippen molar-refractivity contribution in [3.63, 3.8) is 0 Å². The number of hydrogen-bond donors (Lipinski definition) is 3. The van der Waals surface area contributed by atoms with Gasteiger partial charge in [-0.25, -0.2) is 13.2 Å². The molecular formula is C23H20F3N3O5S. The Morgan fingerprint density at radius 1 is 0.857 bits per heavy atom. The molecule has 0 fully saturated rings. The molecular weight excluding hydrogens is 487 g/mol. The Morgan fingerprint density at radius 2 is 1.51 bits per heavy atom. The van der Waals surface area contributed by atoms with Crippen molar-refractivity contribution in [2.75, 3.05) is 28.6 Å². The van der Waals surface area contributed by atoms with Gasteiger partial charge in [0.15, 0.2) is 11.5 Å². The first-order valence-electron chi connectivity index (χ1n) is 10.3. The highest BCUT2D eigenvalue weighted by Gasteiger charge is 2.30. The number of sulfonamides is 1. The predicted octanol–water partition coefficient (Wildman–Crippen LogP) is 5.23. The molecule has 1 aliphatic heterocycles. The van der Waals surface area contributed by atoms with Crippen molar-refractivity contribution < 1.29 is 35.9 Å². The van der Waals surface area contributed by atoms with Gasteiger partial charge in [0.25, 0.3) is 10.0 Å². The average Bonchev–Trinajstić information content (AvgIpc) is 2.79. The van der Waals surface area contributed by atoms with Crippen LogP contribution in [0, 0.1) is 6.92 Å². The van der Waals surface area contributed by atoms with Crippen molar-refractivity contribution in [2.24, 2.45) is 0 Å². The number of nitrogens with one attached hydrogen (secondary N) is 3. The van der Waals surface area contributed by atoms with Crippen molar-refractivity contribution >= 4 is 33.1 Å². The number of rotatable bonds is 5. The number of alkyl halides is 3. The monoisotopic (exact) mass is 507 g/mol. The molecule has 12 heteroatoms. The molecule has 184 valence electrons. The number of urea groups is 1. The largest absolute Gasteiger partial charge is 0.486 e. The van der Waals surface area contributed by atoms with Crippen LogP contribution in [0.5, 0.6) is 11.5 Å². The fourth-order valence-electron chi connectivity index (χ4n) is 3.35. The van der Waals surface area contributed by atoms with Gasteiger partial charge in [-0.15, -0.1) is 0 Å². The quantitative estimate of drug-likeness (QED) is 0.439. The molecule has 0 radical (unpaired) electrons. The second-order valence-electron chi connectivity index (χ2n) is 7.60. The van der Waals surface area contributed by atoms with E-state index in [2.05, 4.69) is 15.4 Å².